The lowest BCUT2D eigenvalue weighted by Crippen LogP contribution is -2.25. The Morgan fingerprint density at radius 3 is 2.61 bits per heavy atom. The van der Waals surface area contributed by atoms with E-state index in [9.17, 15) is 9.18 Å². The van der Waals surface area contributed by atoms with Crippen LogP contribution in [0.3, 0.4) is 0 Å². The number of aromatic nitrogens is 5. The van der Waals surface area contributed by atoms with E-state index in [0.717, 1.165) is 6.07 Å². The molecular weight excluding hydrogens is 425 g/mol. The highest BCUT2D eigenvalue weighted by atomic mass is 35.5. The van der Waals surface area contributed by atoms with Crippen LogP contribution in [0.2, 0.25) is 5.02 Å². The first-order valence-electron chi connectivity index (χ1n) is 9.68. The van der Waals surface area contributed by atoms with Gasteiger partial charge in [0.05, 0.1) is 11.6 Å². The maximum Gasteiger partial charge on any atom is 0.306 e. The summed E-state index contributed by atoms with van der Waals surface area (Å²) in [6.07, 6.45) is 1.57. The number of carbonyl (C=O) groups is 1. The van der Waals surface area contributed by atoms with E-state index in [1.165, 1.54) is 11.0 Å². The van der Waals surface area contributed by atoms with Gasteiger partial charge >= 0.3 is 5.97 Å². The van der Waals surface area contributed by atoms with Crippen molar-refractivity contribution >= 4 is 17.6 Å². The van der Waals surface area contributed by atoms with Crippen molar-refractivity contribution in [1.29, 1.82) is 0 Å². The minimum atomic E-state index is -0.651. The Labute approximate surface area is 184 Å². The molecule has 2 aromatic heterocycles. The molecule has 0 unspecified atom stereocenters. The van der Waals surface area contributed by atoms with E-state index in [2.05, 4.69) is 20.4 Å². The topological polar surface area (TPSA) is 92.0 Å². The van der Waals surface area contributed by atoms with Crippen LogP contribution in [0.15, 0.2) is 36.5 Å². The summed E-state index contributed by atoms with van der Waals surface area (Å²) in [5.41, 5.74) is 0.198. The van der Waals surface area contributed by atoms with Gasteiger partial charge in [0.25, 0.3) is 5.88 Å². The number of halogens is 2. The molecule has 0 fully saturated rings. The molecule has 1 aromatic carbocycles. The Morgan fingerprint density at radius 1 is 1.26 bits per heavy atom. The predicted molar refractivity (Wildman–Crippen MR) is 112 cm³/mol. The molecule has 0 saturated heterocycles. The second kappa shape index (κ2) is 9.38. The number of pyridine rings is 1. The lowest BCUT2D eigenvalue weighted by molar-refractivity contribution is -0.155. The second-order valence-corrected chi connectivity index (χ2v) is 8.57. The third kappa shape index (κ3) is 6.71. The Morgan fingerprint density at radius 2 is 1.97 bits per heavy atom. The van der Waals surface area contributed by atoms with Crippen LogP contribution in [-0.2, 0) is 16.1 Å². The van der Waals surface area contributed by atoms with Crippen LogP contribution in [0.4, 0.5) is 4.39 Å². The molecule has 0 aliphatic carbocycles. The molecule has 8 nitrogen and oxygen atoms in total. The fourth-order valence-corrected chi connectivity index (χ4v) is 2.85. The number of esters is 1. The largest absolute Gasteiger partial charge is 0.460 e. The van der Waals surface area contributed by atoms with Crippen LogP contribution in [0.25, 0.3) is 11.4 Å². The fraction of sp³-hybridized carbons (Fsp3) is 0.381. The maximum absolute atomic E-state index is 13.8. The van der Waals surface area contributed by atoms with Gasteiger partial charge in [-0.3, -0.25) is 4.79 Å². The van der Waals surface area contributed by atoms with E-state index in [-0.39, 0.29) is 29.2 Å². The Kier molecular flexibility index (Phi) is 6.84. The highest BCUT2D eigenvalue weighted by Gasteiger charge is 2.19. The first kappa shape index (κ1) is 22.6. The molecule has 3 aromatic rings. The van der Waals surface area contributed by atoms with Gasteiger partial charge in [0.15, 0.2) is 5.82 Å². The zero-order valence-electron chi connectivity index (χ0n) is 17.7. The van der Waals surface area contributed by atoms with Crippen LogP contribution in [0, 0.1) is 11.7 Å². The van der Waals surface area contributed by atoms with Crippen molar-refractivity contribution in [2.24, 2.45) is 5.92 Å². The lowest BCUT2D eigenvalue weighted by Gasteiger charge is -2.20. The van der Waals surface area contributed by atoms with Gasteiger partial charge in [-0.1, -0.05) is 18.5 Å². The van der Waals surface area contributed by atoms with Gasteiger partial charge in [0, 0.05) is 18.2 Å². The molecule has 0 aliphatic heterocycles. The van der Waals surface area contributed by atoms with Gasteiger partial charge in [-0.2, -0.15) is 4.80 Å². The number of benzene rings is 1. The highest BCUT2D eigenvalue weighted by Crippen LogP contribution is 2.26. The van der Waals surface area contributed by atoms with Crippen molar-refractivity contribution < 1.29 is 18.7 Å². The van der Waals surface area contributed by atoms with Gasteiger partial charge in [0.1, 0.15) is 11.4 Å². The average molecular weight is 448 g/mol. The first-order valence-corrected chi connectivity index (χ1v) is 10.1. The van der Waals surface area contributed by atoms with Gasteiger partial charge in [-0.15, -0.1) is 10.2 Å². The molecule has 10 heteroatoms. The average Bonchev–Trinajstić information content (AvgIpc) is 3.11. The minimum Gasteiger partial charge on any atom is -0.460 e. The second-order valence-electron chi connectivity index (χ2n) is 8.13. The van der Waals surface area contributed by atoms with Crippen LogP contribution >= 0.6 is 11.6 Å². The van der Waals surface area contributed by atoms with E-state index in [1.807, 2.05) is 27.7 Å². The monoisotopic (exact) mass is 447 g/mol. The van der Waals surface area contributed by atoms with Crippen molar-refractivity contribution in [2.45, 2.75) is 46.3 Å². The molecule has 31 heavy (non-hydrogen) atoms. The summed E-state index contributed by atoms with van der Waals surface area (Å²) >= 11 is 5.69. The summed E-state index contributed by atoms with van der Waals surface area (Å²) in [6, 6.07) is 7.89. The molecule has 0 amide bonds. The zero-order chi connectivity index (χ0) is 22.6. The van der Waals surface area contributed by atoms with Crippen molar-refractivity contribution in [1.82, 2.24) is 25.2 Å². The molecule has 2 heterocycles. The van der Waals surface area contributed by atoms with Gasteiger partial charge < -0.3 is 9.47 Å². The van der Waals surface area contributed by atoms with Crippen LogP contribution in [0.1, 0.15) is 34.1 Å². The molecular formula is C21H23ClFN5O3. The van der Waals surface area contributed by atoms with E-state index in [4.69, 9.17) is 21.1 Å². The molecule has 1 atom stereocenters. The molecule has 0 spiro atoms. The van der Waals surface area contributed by atoms with Gasteiger partial charge in [-0.05, 0) is 62.2 Å². The van der Waals surface area contributed by atoms with Crippen molar-refractivity contribution in [3.05, 3.63) is 47.4 Å². The molecule has 164 valence electrons. The minimum absolute atomic E-state index is 0.0190. The Hall–Kier alpha value is -3.07. The summed E-state index contributed by atoms with van der Waals surface area (Å²) in [7, 11) is 0. The molecule has 0 bridgehead atoms. The van der Waals surface area contributed by atoms with E-state index >= 15 is 0 Å². The molecule has 0 aliphatic rings. The maximum atomic E-state index is 13.8. The van der Waals surface area contributed by atoms with Crippen molar-refractivity contribution in [3.63, 3.8) is 0 Å². The normalized spacial score (nSPS) is 12.5. The van der Waals surface area contributed by atoms with Crippen LogP contribution in [0.5, 0.6) is 11.6 Å². The third-order valence-corrected chi connectivity index (χ3v) is 4.17. The number of rotatable bonds is 7. The van der Waals surface area contributed by atoms with Crippen molar-refractivity contribution in [2.75, 3.05) is 0 Å². The summed E-state index contributed by atoms with van der Waals surface area (Å²) in [5.74, 6) is -0.276. The molecule has 0 N–H and O–H groups in total. The molecule has 0 saturated carbocycles. The van der Waals surface area contributed by atoms with E-state index in [1.54, 1.807) is 24.3 Å². The van der Waals surface area contributed by atoms with Gasteiger partial charge in [0.2, 0.25) is 5.82 Å². The Balaban J connectivity index is 1.60. The van der Waals surface area contributed by atoms with E-state index in [0.29, 0.717) is 23.7 Å². The van der Waals surface area contributed by atoms with E-state index < -0.39 is 11.4 Å². The number of hydrogen-bond acceptors (Lipinski definition) is 7. The smallest absolute Gasteiger partial charge is 0.306 e. The standard InChI is InChI=1S/C21H23ClFN5O3/c1-13(9-18(29)31-21(2,3)4)12-28-26-19(25-27-28)14-5-7-16(8-6-14)30-20-17(23)10-15(22)11-24-20/h5-8,10-11,13H,9,12H2,1-4H3/t13-/m1/s1. The molecule has 0 radical (unpaired) electrons. The zero-order valence-corrected chi connectivity index (χ0v) is 18.4. The van der Waals surface area contributed by atoms with Crippen molar-refractivity contribution in [3.8, 4) is 23.0 Å². The fourth-order valence-electron chi connectivity index (χ4n) is 2.71. The number of hydrogen-bond donors (Lipinski definition) is 0. The Bertz CT molecular complexity index is 1050. The summed E-state index contributed by atoms with van der Waals surface area (Å²) < 4.78 is 24.6. The van der Waals surface area contributed by atoms with Crippen LogP contribution < -0.4 is 4.74 Å². The first-order chi connectivity index (χ1) is 14.6. The SMILES string of the molecule is C[C@H](CC(=O)OC(C)(C)C)Cn1nnc(-c2ccc(Oc3ncc(Cl)cc3F)cc2)n1. The molecule has 3 rings (SSSR count). The summed E-state index contributed by atoms with van der Waals surface area (Å²) in [4.78, 5) is 17.2. The number of nitrogens with zero attached hydrogens (tertiary/aromatic N) is 5. The number of tetrazole rings is 1. The number of carbonyl (C=O) groups excluding carboxylic acids is 1. The quantitative estimate of drug-likeness (QED) is 0.485. The lowest BCUT2D eigenvalue weighted by atomic mass is 10.1. The predicted octanol–water partition coefficient (Wildman–Crippen LogP) is 4.69. The number of ether oxygens (including phenoxy) is 2. The summed E-state index contributed by atoms with van der Waals surface area (Å²) in [6.45, 7) is 7.84. The summed E-state index contributed by atoms with van der Waals surface area (Å²) in [5, 5.41) is 12.6. The third-order valence-electron chi connectivity index (χ3n) is 3.96. The highest BCUT2D eigenvalue weighted by molar-refractivity contribution is 6.30. The van der Waals surface area contributed by atoms with Gasteiger partial charge in [-0.25, -0.2) is 9.37 Å². The van der Waals surface area contributed by atoms with Crippen LogP contribution in [-0.4, -0.2) is 36.8 Å².